The van der Waals surface area contributed by atoms with Crippen LogP contribution >= 0.6 is 0 Å². The highest BCUT2D eigenvalue weighted by Gasteiger charge is 2.53. The largest absolute Gasteiger partial charge is 0.390 e. The lowest BCUT2D eigenvalue weighted by atomic mass is 9.76. The molecule has 1 saturated heterocycles. The van der Waals surface area contributed by atoms with Crippen molar-refractivity contribution in [3.63, 3.8) is 0 Å². The number of fused-ring (bicyclic) bond motifs is 1. The van der Waals surface area contributed by atoms with Gasteiger partial charge in [0.15, 0.2) is 0 Å². The van der Waals surface area contributed by atoms with E-state index < -0.39 is 11.6 Å². The lowest BCUT2D eigenvalue weighted by Gasteiger charge is -2.40. The molecule has 2 rings (SSSR count). The highest BCUT2D eigenvalue weighted by atomic mass is 16.6. The van der Waals surface area contributed by atoms with Crippen LogP contribution in [0.5, 0.6) is 0 Å². The predicted octanol–water partition coefficient (Wildman–Crippen LogP) is 0.0326. The third kappa shape index (κ3) is 1.46. The van der Waals surface area contributed by atoms with E-state index in [4.69, 9.17) is 15.2 Å². The standard InChI is InChI=1S/C10H19NO3/c1-2-13-8-6-14-9-7(12)4-3-5-10(8,9)11/h7-9,12H,2-6,11H2,1H3/t7-,8-,9+,10-/m0/s1. The summed E-state index contributed by atoms with van der Waals surface area (Å²) in [6.45, 7) is 3.12. The van der Waals surface area contributed by atoms with E-state index in [2.05, 4.69) is 0 Å². The third-order valence-corrected chi connectivity index (χ3v) is 3.38. The molecule has 82 valence electrons. The van der Waals surface area contributed by atoms with Crippen molar-refractivity contribution in [3.05, 3.63) is 0 Å². The molecule has 1 aliphatic heterocycles. The number of aliphatic hydroxyl groups excluding tert-OH is 1. The van der Waals surface area contributed by atoms with Gasteiger partial charge in [0, 0.05) is 6.61 Å². The third-order valence-electron chi connectivity index (χ3n) is 3.38. The van der Waals surface area contributed by atoms with Crippen LogP contribution in [0.2, 0.25) is 0 Å². The van der Waals surface area contributed by atoms with Gasteiger partial charge in [0.1, 0.15) is 12.2 Å². The first-order valence-corrected chi connectivity index (χ1v) is 5.38. The summed E-state index contributed by atoms with van der Waals surface area (Å²) in [4.78, 5) is 0. The maximum absolute atomic E-state index is 9.77. The number of ether oxygens (including phenoxy) is 2. The van der Waals surface area contributed by atoms with Crippen molar-refractivity contribution in [3.8, 4) is 0 Å². The van der Waals surface area contributed by atoms with Crippen molar-refractivity contribution in [1.82, 2.24) is 0 Å². The summed E-state index contributed by atoms with van der Waals surface area (Å²) in [6, 6.07) is 0. The monoisotopic (exact) mass is 201 g/mol. The van der Waals surface area contributed by atoms with E-state index in [0.717, 1.165) is 19.3 Å². The Kier molecular flexibility index (Phi) is 2.79. The topological polar surface area (TPSA) is 64.7 Å². The number of hydrogen-bond acceptors (Lipinski definition) is 4. The minimum absolute atomic E-state index is 0.0487. The zero-order chi connectivity index (χ0) is 10.2. The average molecular weight is 201 g/mol. The number of aliphatic hydroxyl groups is 1. The lowest BCUT2D eigenvalue weighted by Crippen LogP contribution is -2.61. The van der Waals surface area contributed by atoms with Crippen LogP contribution in [0.3, 0.4) is 0 Å². The van der Waals surface area contributed by atoms with E-state index in [1.54, 1.807) is 0 Å². The minimum Gasteiger partial charge on any atom is -0.390 e. The first-order chi connectivity index (χ1) is 6.68. The highest BCUT2D eigenvalue weighted by Crippen LogP contribution is 2.37. The average Bonchev–Trinajstić information content (AvgIpc) is 2.46. The molecule has 1 heterocycles. The molecule has 4 atom stereocenters. The number of nitrogens with two attached hydrogens (primary N) is 1. The number of hydrogen-bond donors (Lipinski definition) is 2. The van der Waals surface area contributed by atoms with Gasteiger partial charge < -0.3 is 20.3 Å². The van der Waals surface area contributed by atoms with Gasteiger partial charge in [0.05, 0.1) is 18.2 Å². The van der Waals surface area contributed by atoms with E-state index in [1.807, 2.05) is 6.92 Å². The van der Waals surface area contributed by atoms with Gasteiger partial charge >= 0.3 is 0 Å². The molecular weight excluding hydrogens is 182 g/mol. The van der Waals surface area contributed by atoms with E-state index in [1.165, 1.54) is 0 Å². The second-order valence-electron chi connectivity index (χ2n) is 4.27. The molecule has 2 fully saturated rings. The minimum atomic E-state index is -0.465. The van der Waals surface area contributed by atoms with E-state index >= 15 is 0 Å². The summed E-state index contributed by atoms with van der Waals surface area (Å²) in [5, 5.41) is 9.77. The molecular formula is C10H19NO3. The molecule has 0 bridgehead atoms. The van der Waals surface area contributed by atoms with Gasteiger partial charge in [-0.2, -0.15) is 0 Å². The summed E-state index contributed by atoms with van der Waals surface area (Å²) in [5.41, 5.74) is 5.81. The van der Waals surface area contributed by atoms with Crippen LogP contribution in [0.4, 0.5) is 0 Å². The Morgan fingerprint density at radius 3 is 3.14 bits per heavy atom. The number of rotatable bonds is 2. The molecule has 0 spiro atoms. The molecule has 4 nitrogen and oxygen atoms in total. The van der Waals surface area contributed by atoms with Crippen LogP contribution in [0.15, 0.2) is 0 Å². The zero-order valence-electron chi connectivity index (χ0n) is 8.61. The van der Waals surface area contributed by atoms with Crippen molar-refractivity contribution in [2.75, 3.05) is 13.2 Å². The summed E-state index contributed by atoms with van der Waals surface area (Å²) in [7, 11) is 0. The smallest absolute Gasteiger partial charge is 0.104 e. The second-order valence-corrected chi connectivity index (χ2v) is 4.27. The second kappa shape index (κ2) is 3.77. The fourth-order valence-corrected chi connectivity index (χ4v) is 2.63. The van der Waals surface area contributed by atoms with Crippen molar-refractivity contribution in [2.24, 2.45) is 5.73 Å². The molecule has 0 radical (unpaired) electrons. The van der Waals surface area contributed by atoms with Crippen LogP contribution in [-0.2, 0) is 9.47 Å². The Balaban J connectivity index is 2.12. The van der Waals surface area contributed by atoms with Crippen molar-refractivity contribution in [1.29, 1.82) is 0 Å². The van der Waals surface area contributed by atoms with Gasteiger partial charge in [-0.3, -0.25) is 0 Å². The van der Waals surface area contributed by atoms with Gasteiger partial charge in [0.2, 0.25) is 0 Å². The van der Waals surface area contributed by atoms with E-state index in [-0.39, 0.29) is 12.2 Å². The van der Waals surface area contributed by atoms with Crippen LogP contribution < -0.4 is 5.73 Å². The van der Waals surface area contributed by atoms with Gasteiger partial charge in [-0.25, -0.2) is 0 Å². The normalized spacial score (nSPS) is 47.8. The summed E-state index contributed by atoms with van der Waals surface area (Å²) < 4.78 is 11.1. The predicted molar refractivity (Wildman–Crippen MR) is 51.9 cm³/mol. The Hall–Kier alpha value is -0.160. The van der Waals surface area contributed by atoms with Crippen molar-refractivity contribution >= 4 is 0 Å². The lowest BCUT2D eigenvalue weighted by molar-refractivity contribution is -0.0539. The molecule has 0 aromatic heterocycles. The highest BCUT2D eigenvalue weighted by molar-refractivity contribution is 5.08. The van der Waals surface area contributed by atoms with Gasteiger partial charge in [0.25, 0.3) is 0 Å². The summed E-state index contributed by atoms with van der Waals surface area (Å²) in [5.74, 6) is 0. The Bertz CT molecular complexity index is 212. The quantitative estimate of drug-likeness (QED) is 0.661. The molecule has 2 aliphatic rings. The Morgan fingerprint density at radius 1 is 1.64 bits per heavy atom. The molecule has 4 heteroatoms. The summed E-state index contributed by atoms with van der Waals surface area (Å²) >= 11 is 0. The fraction of sp³-hybridized carbons (Fsp3) is 1.00. The van der Waals surface area contributed by atoms with E-state index in [9.17, 15) is 5.11 Å². The van der Waals surface area contributed by atoms with Crippen LogP contribution in [0, 0.1) is 0 Å². The molecule has 0 aromatic rings. The first kappa shape index (κ1) is 10.4. The van der Waals surface area contributed by atoms with Crippen LogP contribution in [0.25, 0.3) is 0 Å². The molecule has 1 aliphatic carbocycles. The fourth-order valence-electron chi connectivity index (χ4n) is 2.63. The first-order valence-electron chi connectivity index (χ1n) is 5.38. The molecule has 14 heavy (non-hydrogen) atoms. The van der Waals surface area contributed by atoms with Crippen molar-refractivity contribution < 1.29 is 14.6 Å². The van der Waals surface area contributed by atoms with Crippen molar-refractivity contribution in [2.45, 2.75) is 50.0 Å². The van der Waals surface area contributed by atoms with Gasteiger partial charge in [-0.05, 0) is 26.2 Å². The molecule has 0 unspecified atom stereocenters. The Labute approximate surface area is 84.4 Å². The van der Waals surface area contributed by atoms with Crippen LogP contribution in [-0.4, -0.2) is 42.2 Å². The molecule has 1 saturated carbocycles. The molecule has 0 aromatic carbocycles. The van der Waals surface area contributed by atoms with E-state index in [0.29, 0.717) is 13.2 Å². The Morgan fingerprint density at radius 2 is 2.43 bits per heavy atom. The van der Waals surface area contributed by atoms with Crippen LogP contribution in [0.1, 0.15) is 26.2 Å². The molecule has 0 amide bonds. The van der Waals surface area contributed by atoms with Gasteiger partial charge in [-0.15, -0.1) is 0 Å². The zero-order valence-corrected chi connectivity index (χ0v) is 8.61. The molecule has 3 N–H and O–H groups in total. The SMILES string of the molecule is CCO[C@H]1CO[C@@H]2[C@@H](O)CCC[C@]12N. The van der Waals surface area contributed by atoms with Gasteiger partial charge in [-0.1, -0.05) is 0 Å². The maximum atomic E-state index is 9.77. The maximum Gasteiger partial charge on any atom is 0.104 e. The summed E-state index contributed by atoms with van der Waals surface area (Å²) in [6.07, 6.45) is 1.95.